The molecule has 2 fully saturated rings. The van der Waals surface area contributed by atoms with Crippen LogP contribution in [0.15, 0.2) is 48.5 Å². The van der Waals surface area contributed by atoms with E-state index in [0.29, 0.717) is 0 Å². The summed E-state index contributed by atoms with van der Waals surface area (Å²) in [5, 5.41) is 0. The summed E-state index contributed by atoms with van der Waals surface area (Å²) >= 11 is 0. The Hall–Kier alpha value is -2.33. The van der Waals surface area contributed by atoms with Gasteiger partial charge in [-0.25, -0.2) is 0 Å². The molecule has 0 saturated carbocycles. The normalized spacial score (nSPS) is 20.1. The SMILES string of the molecule is COC(C)(C)c1ccc(N2CCC(Cc3ccccc3N3CCCCC3)C2=O)cc1. The summed E-state index contributed by atoms with van der Waals surface area (Å²) in [6, 6.07) is 16.9. The van der Waals surface area contributed by atoms with Crippen molar-refractivity contribution in [3.8, 4) is 0 Å². The fourth-order valence-electron chi connectivity index (χ4n) is 4.74. The molecule has 0 aromatic heterocycles. The standard InChI is InChI=1S/C26H34N2O2/c1-26(2,30-3)22-11-13-23(14-12-22)28-18-15-21(25(28)29)19-20-9-5-6-10-24(20)27-16-7-4-8-17-27/h5-6,9-14,21H,4,7-8,15-19H2,1-3H3. The van der Waals surface area contributed by atoms with Crippen molar-refractivity contribution in [2.45, 2.75) is 51.6 Å². The molecule has 4 nitrogen and oxygen atoms in total. The van der Waals surface area contributed by atoms with Crippen molar-refractivity contribution < 1.29 is 9.53 Å². The number of carbonyl (C=O) groups is 1. The van der Waals surface area contributed by atoms with Gasteiger partial charge in [-0.2, -0.15) is 0 Å². The van der Waals surface area contributed by atoms with Crippen LogP contribution in [0.4, 0.5) is 11.4 Å². The van der Waals surface area contributed by atoms with Gasteiger partial charge in [0.25, 0.3) is 0 Å². The number of methoxy groups -OCH3 is 1. The first-order valence-electron chi connectivity index (χ1n) is 11.3. The predicted molar refractivity (Wildman–Crippen MR) is 123 cm³/mol. The maximum absolute atomic E-state index is 13.2. The van der Waals surface area contributed by atoms with Crippen LogP contribution >= 0.6 is 0 Å². The molecule has 0 spiro atoms. The Labute approximate surface area is 180 Å². The van der Waals surface area contributed by atoms with E-state index in [1.54, 1.807) is 7.11 Å². The zero-order chi connectivity index (χ0) is 21.1. The van der Waals surface area contributed by atoms with Crippen molar-refractivity contribution in [3.63, 3.8) is 0 Å². The molecular weight excluding hydrogens is 372 g/mol. The monoisotopic (exact) mass is 406 g/mol. The van der Waals surface area contributed by atoms with Gasteiger partial charge in [0.15, 0.2) is 0 Å². The molecule has 2 aliphatic rings. The predicted octanol–water partition coefficient (Wildman–Crippen LogP) is 5.15. The number of anilines is 2. The third-order valence-corrected chi connectivity index (χ3v) is 6.86. The van der Waals surface area contributed by atoms with Crippen molar-refractivity contribution in [2.24, 2.45) is 5.92 Å². The van der Waals surface area contributed by atoms with Crippen molar-refractivity contribution in [2.75, 3.05) is 36.5 Å². The molecule has 2 heterocycles. The Balaban J connectivity index is 1.47. The number of ether oxygens (including phenoxy) is 1. The number of amides is 1. The van der Waals surface area contributed by atoms with Crippen LogP contribution in [-0.4, -0.2) is 32.7 Å². The molecule has 1 atom stereocenters. The lowest BCUT2D eigenvalue weighted by molar-refractivity contribution is -0.120. The highest BCUT2D eigenvalue weighted by molar-refractivity contribution is 5.97. The number of carbonyl (C=O) groups excluding carboxylic acids is 1. The molecule has 2 aromatic carbocycles. The second kappa shape index (κ2) is 8.81. The molecule has 4 heteroatoms. The molecule has 1 unspecified atom stereocenters. The van der Waals surface area contributed by atoms with E-state index in [9.17, 15) is 4.79 Å². The van der Waals surface area contributed by atoms with Gasteiger partial charge in [0.1, 0.15) is 0 Å². The van der Waals surface area contributed by atoms with E-state index in [-0.39, 0.29) is 17.4 Å². The molecule has 0 aliphatic carbocycles. The van der Waals surface area contributed by atoms with Crippen LogP contribution in [0.1, 0.15) is 50.7 Å². The maximum Gasteiger partial charge on any atom is 0.230 e. The second-order valence-corrected chi connectivity index (χ2v) is 9.12. The van der Waals surface area contributed by atoms with Crippen LogP contribution in [0, 0.1) is 5.92 Å². The van der Waals surface area contributed by atoms with Gasteiger partial charge in [-0.15, -0.1) is 0 Å². The summed E-state index contributed by atoms with van der Waals surface area (Å²) in [4.78, 5) is 17.7. The summed E-state index contributed by atoms with van der Waals surface area (Å²) < 4.78 is 5.57. The number of para-hydroxylation sites is 1. The molecule has 0 radical (unpaired) electrons. The minimum Gasteiger partial charge on any atom is -0.374 e. The van der Waals surface area contributed by atoms with E-state index in [4.69, 9.17) is 4.74 Å². The average molecular weight is 407 g/mol. The number of piperidine rings is 1. The first-order chi connectivity index (χ1) is 14.5. The molecule has 30 heavy (non-hydrogen) atoms. The van der Waals surface area contributed by atoms with Gasteiger partial charge in [-0.1, -0.05) is 30.3 Å². The molecule has 0 bridgehead atoms. The third-order valence-electron chi connectivity index (χ3n) is 6.86. The second-order valence-electron chi connectivity index (χ2n) is 9.12. The number of hydrogen-bond acceptors (Lipinski definition) is 3. The molecular formula is C26H34N2O2. The Morgan fingerprint density at radius 3 is 2.37 bits per heavy atom. The van der Waals surface area contributed by atoms with Crippen molar-refractivity contribution >= 4 is 17.3 Å². The molecule has 2 aromatic rings. The topological polar surface area (TPSA) is 32.8 Å². The summed E-state index contributed by atoms with van der Waals surface area (Å²) in [6.45, 7) is 7.16. The van der Waals surface area contributed by atoms with Gasteiger partial charge >= 0.3 is 0 Å². The lowest BCUT2D eigenvalue weighted by Gasteiger charge is -2.31. The van der Waals surface area contributed by atoms with Crippen LogP contribution in [0.2, 0.25) is 0 Å². The van der Waals surface area contributed by atoms with Crippen LogP contribution < -0.4 is 9.80 Å². The lowest BCUT2D eigenvalue weighted by atomic mass is 9.95. The first kappa shape index (κ1) is 20.9. The fraction of sp³-hybridized carbons (Fsp3) is 0.500. The Morgan fingerprint density at radius 2 is 1.67 bits per heavy atom. The largest absolute Gasteiger partial charge is 0.374 e. The Kier molecular flexibility index (Phi) is 6.14. The molecule has 1 amide bonds. The number of rotatable bonds is 6. The zero-order valence-electron chi connectivity index (χ0n) is 18.6. The van der Waals surface area contributed by atoms with Crippen LogP contribution in [0.25, 0.3) is 0 Å². The Morgan fingerprint density at radius 1 is 0.967 bits per heavy atom. The summed E-state index contributed by atoms with van der Waals surface area (Å²) in [7, 11) is 1.73. The quantitative estimate of drug-likeness (QED) is 0.665. The average Bonchev–Trinajstić information content (AvgIpc) is 3.15. The number of benzene rings is 2. The number of hydrogen-bond donors (Lipinski definition) is 0. The molecule has 160 valence electrons. The van der Waals surface area contributed by atoms with E-state index >= 15 is 0 Å². The summed E-state index contributed by atoms with van der Waals surface area (Å²) in [6.07, 6.45) is 5.60. The van der Waals surface area contributed by atoms with E-state index in [1.807, 2.05) is 4.90 Å². The molecule has 4 rings (SSSR count). The van der Waals surface area contributed by atoms with Crippen molar-refractivity contribution in [1.29, 1.82) is 0 Å². The van der Waals surface area contributed by atoms with Gasteiger partial charge in [0.2, 0.25) is 5.91 Å². The minimum atomic E-state index is -0.325. The fourth-order valence-corrected chi connectivity index (χ4v) is 4.74. The molecule has 2 aliphatic heterocycles. The highest BCUT2D eigenvalue weighted by Gasteiger charge is 2.33. The molecule has 0 N–H and O–H groups in total. The van der Waals surface area contributed by atoms with Gasteiger partial charge < -0.3 is 14.5 Å². The van der Waals surface area contributed by atoms with Gasteiger partial charge in [0.05, 0.1) is 5.60 Å². The van der Waals surface area contributed by atoms with Gasteiger partial charge in [-0.05, 0) is 75.3 Å². The van der Waals surface area contributed by atoms with Gasteiger partial charge in [-0.3, -0.25) is 4.79 Å². The van der Waals surface area contributed by atoms with Crippen molar-refractivity contribution in [3.05, 3.63) is 59.7 Å². The van der Waals surface area contributed by atoms with Crippen molar-refractivity contribution in [1.82, 2.24) is 0 Å². The van der Waals surface area contributed by atoms with E-state index in [0.717, 1.165) is 43.7 Å². The third kappa shape index (κ3) is 4.24. The Bertz CT molecular complexity index is 869. The van der Waals surface area contributed by atoms with E-state index in [1.165, 1.54) is 30.5 Å². The highest BCUT2D eigenvalue weighted by Crippen LogP contribution is 2.33. The van der Waals surface area contributed by atoms with Crippen LogP contribution in [0.3, 0.4) is 0 Å². The summed E-state index contributed by atoms with van der Waals surface area (Å²) in [5.74, 6) is 0.313. The first-order valence-corrected chi connectivity index (χ1v) is 11.3. The zero-order valence-corrected chi connectivity index (χ0v) is 18.6. The van der Waals surface area contributed by atoms with E-state index < -0.39 is 0 Å². The summed E-state index contributed by atoms with van der Waals surface area (Å²) in [5.41, 5.74) is 4.43. The smallest absolute Gasteiger partial charge is 0.230 e. The van der Waals surface area contributed by atoms with Crippen LogP contribution in [-0.2, 0) is 21.6 Å². The highest BCUT2D eigenvalue weighted by atomic mass is 16.5. The number of nitrogens with zero attached hydrogens (tertiary/aromatic N) is 2. The molecule has 2 saturated heterocycles. The maximum atomic E-state index is 13.2. The van der Waals surface area contributed by atoms with Gasteiger partial charge in [0, 0.05) is 44.0 Å². The lowest BCUT2D eigenvalue weighted by Crippen LogP contribution is -2.31. The van der Waals surface area contributed by atoms with Crippen LogP contribution in [0.5, 0.6) is 0 Å². The van der Waals surface area contributed by atoms with E-state index in [2.05, 4.69) is 67.3 Å². The minimum absolute atomic E-state index is 0.0611.